The molecule has 1 aromatic rings. The zero-order chi connectivity index (χ0) is 13.0. The average Bonchev–Trinajstić information content (AvgIpc) is 2.41. The van der Waals surface area contributed by atoms with Crippen LogP contribution in [0, 0.1) is 0 Å². The second-order valence-electron chi connectivity index (χ2n) is 4.27. The Morgan fingerprint density at radius 2 is 1.94 bits per heavy atom. The molecule has 0 spiro atoms. The molecule has 1 aliphatic heterocycles. The van der Waals surface area contributed by atoms with Gasteiger partial charge in [-0.15, -0.1) is 0 Å². The highest BCUT2D eigenvalue weighted by Gasteiger charge is 2.23. The molecule has 1 aliphatic rings. The Bertz CT molecular complexity index is 399. The predicted molar refractivity (Wildman–Crippen MR) is 68.3 cm³/mol. The van der Waals surface area contributed by atoms with Crippen molar-refractivity contribution >= 4 is 11.6 Å². The molecule has 0 bridgehead atoms. The van der Waals surface area contributed by atoms with E-state index < -0.39 is 6.10 Å². The highest BCUT2D eigenvalue weighted by atomic mass is 16.5. The summed E-state index contributed by atoms with van der Waals surface area (Å²) < 4.78 is 10.8. The Hall–Kier alpha value is -1.75. The second kappa shape index (κ2) is 5.73. The minimum absolute atomic E-state index is 0.00451. The number of morpholine rings is 1. The maximum atomic E-state index is 12.1. The van der Waals surface area contributed by atoms with Crippen LogP contribution in [0.4, 0.5) is 5.69 Å². The van der Waals surface area contributed by atoms with Crippen molar-refractivity contribution in [3.8, 4) is 5.75 Å². The van der Waals surface area contributed by atoms with Gasteiger partial charge in [-0.3, -0.25) is 4.79 Å². The van der Waals surface area contributed by atoms with Crippen LogP contribution < -0.4 is 10.5 Å². The van der Waals surface area contributed by atoms with Gasteiger partial charge in [0.15, 0.2) is 6.10 Å². The first-order valence-corrected chi connectivity index (χ1v) is 6.05. The molecule has 1 aromatic carbocycles. The number of hydrogen-bond donors (Lipinski definition) is 1. The SMILES string of the molecule is CC(Oc1ccc(N)cc1)C(=O)N1CCOCC1. The molecule has 0 radical (unpaired) electrons. The van der Waals surface area contributed by atoms with Gasteiger partial charge in [-0.2, -0.15) is 0 Å². The van der Waals surface area contributed by atoms with Crippen molar-refractivity contribution in [2.24, 2.45) is 0 Å². The number of carbonyl (C=O) groups excluding carboxylic acids is 1. The first kappa shape index (κ1) is 12.7. The lowest BCUT2D eigenvalue weighted by atomic mass is 10.3. The fourth-order valence-electron chi connectivity index (χ4n) is 1.84. The lowest BCUT2D eigenvalue weighted by Crippen LogP contribution is -2.46. The van der Waals surface area contributed by atoms with E-state index in [2.05, 4.69) is 0 Å². The lowest BCUT2D eigenvalue weighted by molar-refractivity contribution is -0.142. The van der Waals surface area contributed by atoms with Crippen LogP contribution in [0.1, 0.15) is 6.92 Å². The van der Waals surface area contributed by atoms with E-state index >= 15 is 0 Å². The Morgan fingerprint density at radius 3 is 2.56 bits per heavy atom. The van der Waals surface area contributed by atoms with E-state index in [4.69, 9.17) is 15.2 Å². The van der Waals surface area contributed by atoms with Gasteiger partial charge in [0.1, 0.15) is 5.75 Å². The summed E-state index contributed by atoms with van der Waals surface area (Å²) in [6, 6.07) is 7.03. The molecule has 5 heteroatoms. The fraction of sp³-hybridized carbons (Fsp3) is 0.462. The molecule has 0 saturated carbocycles. The number of benzene rings is 1. The van der Waals surface area contributed by atoms with Gasteiger partial charge in [-0.05, 0) is 31.2 Å². The van der Waals surface area contributed by atoms with Crippen molar-refractivity contribution < 1.29 is 14.3 Å². The molecule has 98 valence electrons. The van der Waals surface area contributed by atoms with Gasteiger partial charge >= 0.3 is 0 Å². The van der Waals surface area contributed by atoms with E-state index in [0.717, 1.165) is 0 Å². The minimum atomic E-state index is -0.494. The molecule has 1 atom stereocenters. The summed E-state index contributed by atoms with van der Waals surface area (Å²) in [6.45, 7) is 4.22. The van der Waals surface area contributed by atoms with Gasteiger partial charge in [0.25, 0.3) is 5.91 Å². The zero-order valence-electron chi connectivity index (χ0n) is 10.5. The Labute approximate surface area is 106 Å². The smallest absolute Gasteiger partial charge is 0.263 e. The fourth-order valence-corrected chi connectivity index (χ4v) is 1.84. The summed E-state index contributed by atoms with van der Waals surface area (Å²) in [6.07, 6.45) is -0.494. The third-order valence-electron chi connectivity index (χ3n) is 2.86. The summed E-state index contributed by atoms with van der Waals surface area (Å²) in [7, 11) is 0. The summed E-state index contributed by atoms with van der Waals surface area (Å²) >= 11 is 0. The molecule has 1 heterocycles. The van der Waals surface area contributed by atoms with Crippen LogP contribution in [0.2, 0.25) is 0 Å². The topological polar surface area (TPSA) is 64.8 Å². The summed E-state index contributed by atoms with van der Waals surface area (Å²) in [5.74, 6) is 0.647. The first-order valence-electron chi connectivity index (χ1n) is 6.05. The quantitative estimate of drug-likeness (QED) is 0.809. The number of ether oxygens (including phenoxy) is 2. The van der Waals surface area contributed by atoms with Crippen LogP contribution in [0.5, 0.6) is 5.75 Å². The van der Waals surface area contributed by atoms with E-state index in [1.165, 1.54) is 0 Å². The Morgan fingerprint density at radius 1 is 1.33 bits per heavy atom. The molecule has 5 nitrogen and oxygen atoms in total. The van der Waals surface area contributed by atoms with Gasteiger partial charge in [-0.1, -0.05) is 0 Å². The molecular formula is C13H18N2O3. The van der Waals surface area contributed by atoms with Gasteiger partial charge < -0.3 is 20.1 Å². The molecule has 2 rings (SSSR count). The first-order chi connectivity index (χ1) is 8.66. The third-order valence-corrected chi connectivity index (χ3v) is 2.86. The van der Waals surface area contributed by atoms with Crippen LogP contribution in [-0.4, -0.2) is 43.2 Å². The number of hydrogen-bond acceptors (Lipinski definition) is 4. The average molecular weight is 250 g/mol. The second-order valence-corrected chi connectivity index (χ2v) is 4.27. The van der Waals surface area contributed by atoms with Gasteiger partial charge in [-0.25, -0.2) is 0 Å². The monoisotopic (exact) mass is 250 g/mol. The Balaban J connectivity index is 1.92. The number of nitrogens with two attached hydrogens (primary N) is 1. The molecule has 1 amide bonds. The van der Waals surface area contributed by atoms with Gasteiger partial charge in [0, 0.05) is 18.8 Å². The number of rotatable bonds is 3. The Kier molecular flexibility index (Phi) is 4.04. The van der Waals surface area contributed by atoms with Gasteiger partial charge in [0.2, 0.25) is 0 Å². The van der Waals surface area contributed by atoms with Crippen LogP contribution >= 0.6 is 0 Å². The standard InChI is InChI=1S/C13H18N2O3/c1-10(13(16)15-6-8-17-9-7-15)18-12-4-2-11(14)3-5-12/h2-5,10H,6-9,14H2,1H3. The highest BCUT2D eigenvalue weighted by Crippen LogP contribution is 2.15. The maximum Gasteiger partial charge on any atom is 0.263 e. The zero-order valence-corrected chi connectivity index (χ0v) is 10.5. The van der Waals surface area contributed by atoms with Crippen molar-refractivity contribution in [3.63, 3.8) is 0 Å². The van der Waals surface area contributed by atoms with Gasteiger partial charge in [0.05, 0.1) is 13.2 Å². The minimum Gasteiger partial charge on any atom is -0.481 e. The van der Waals surface area contributed by atoms with E-state index in [9.17, 15) is 4.79 Å². The van der Waals surface area contributed by atoms with Crippen LogP contribution in [0.3, 0.4) is 0 Å². The summed E-state index contributed by atoms with van der Waals surface area (Å²) in [5, 5.41) is 0. The largest absolute Gasteiger partial charge is 0.481 e. The van der Waals surface area contributed by atoms with E-state index in [-0.39, 0.29) is 5.91 Å². The van der Waals surface area contributed by atoms with Crippen LogP contribution in [0.15, 0.2) is 24.3 Å². The van der Waals surface area contributed by atoms with E-state index in [0.29, 0.717) is 37.7 Å². The lowest BCUT2D eigenvalue weighted by Gasteiger charge is -2.29. The van der Waals surface area contributed by atoms with Crippen LogP contribution in [-0.2, 0) is 9.53 Å². The number of amides is 1. The predicted octanol–water partition coefficient (Wildman–Crippen LogP) is 0.895. The molecule has 1 fully saturated rings. The van der Waals surface area contributed by atoms with E-state index in [1.54, 1.807) is 36.1 Å². The third kappa shape index (κ3) is 3.13. The van der Waals surface area contributed by atoms with Crippen LogP contribution in [0.25, 0.3) is 0 Å². The number of anilines is 1. The van der Waals surface area contributed by atoms with Crippen molar-refractivity contribution in [2.45, 2.75) is 13.0 Å². The van der Waals surface area contributed by atoms with Crippen molar-refractivity contribution in [3.05, 3.63) is 24.3 Å². The molecule has 2 N–H and O–H groups in total. The van der Waals surface area contributed by atoms with Crippen molar-refractivity contribution in [1.29, 1.82) is 0 Å². The number of nitrogens with zero attached hydrogens (tertiary/aromatic N) is 1. The normalized spacial score (nSPS) is 17.3. The maximum absolute atomic E-state index is 12.1. The molecule has 18 heavy (non-hydrogen) atoms. The molecular weight excluding hydrogens is 232 g/mol. The number of carbonyl (C=O) groups is 1. The van der Waals surface area contributed by atoms with Crippen molar-refractivity contribution in [2.75, 3.05) is 32.0 Å². The van der Waals surface area contributed by atoms with E-state index in [1.807, 2.05) is 0 Å². The van der Waals surface area contributed by atoms with Crippen molar-refractivity contribution in [1.82, 2.24) is 4.90 Å². The molecule has 1 saturated heterocycles. The summed E-state index contributed by atoms with van der Waals surface area (Å²) in [4.78, 5) is 13.9. The molecule has 1 unspecified atom stereocenters. The molecule has 0 aromatic heterocycles. The number of nitrogen functional groups attached to an aromatic ring is 1. The highest BCUT2D eigenvalue weighted by molar-refractivity contribution is 5.81. The summed E-state index contributed by atoms with van der Waals surface area (Å²) in [5.41, 5.74) is 6.27. The molecule has 0 aliphatic carbocycles.